The van der Waals surface area contributed by atoms with Gasteiger partial charge in [0.25, 0.3) is 5.69 Å². The zero-order valence-electron chi connectivity index (χ0n) is 19.9. The van der Waals surface area contributed by atoms with Crippen molar-refractivity contribution in [3.8, 4) is 0 Å². The average molecular weight is 481 g/mol. The lowest BCUT2D eigenvalue weighted by atomic mass is 9.84. The number of ether oxygens (including phenoxy) is 1. The number of nitro groups is 1. The fourth-order valence-corrected chi connectivity index (χ4v) is 8.91. The van der Waals surface area contributed by atoms with E-state index in [0.717, 1.165) is 11.0 Å². The summed E-state index contributed by atoms with van der Waals surface area (Å²) < 4.78 is 15.3. The molecule has 0 radical (unpaired) electrons. The van der Waals surface area contributed by atoms with Gasteiger partial charge in [-0.1, -0.05) is 38.1 Å². The maximum absolute atomic E-state index is 11.5. The van der Waals surface area contributed by atoms with Crippen LogP contribution in [0, 0.1) is 10.1 Å². The van der Waals surface area contributed by atoms with Crippen LogP contribution in [0.25, 0.3) is 0 Å². The monoisotopic (exact) mass is 480 g/mol. The van der Waals surface area contributed by atoms with Crippen LogP contribution in [0.1, 0.15) is 19.4 Å². The first-order chi connectivity index (χ1) is 16.3. The SMILES string of the molecule is CN1/C(=C2/C=NN(C)[P@]2(=Nc2cccc([N+](=O)[O-])c2)N2CCOCC2)C(C)(C)c2ccccc21. The highest BCUT2D eigenvalue weighted by atomic mass is 31.2. The third-order valence-electron chi connectivity index (χ3n) is 6.86. The van der Waals surface area contributed by atoms with Crippen molar-refractivity contribution in [2.45, 2.75) is 19.3 Å². The molecule has 3 aliphatic heterocycles. The summed E-state index contributed by atoms with van der Waals surface area (Å²) in [7, 11) is 1.48. The first-order valence-corrected chi connectivity index (χ1v) is 13.0. The number of hydrogen-bond donors (Lipinski definition) is 0. The van der Waals surface area contributed by atoms with Gasteiger partial charge in [-0.3, -0.25) is 10.1 Å². The summed E-state index contributed by atoms with van der Waals surface area (Å²) in [6, 6.07) is 15.0. The number of likely N-dealkylation sites (N-methyl/N-ethyl adjacent to an activating group) is 1. The molecule has 0 aliphatic carbocycles. The Morgan fingerprint density at radius 3 is 2.56 bits per heavy atom. The van der Waals surface area contributed by atoms with Crippen LogP contribution in [0.15, 0.2) is 69.4 Å². The molecule has 1 atom stereocenters. The van der Waals surface area contributed by atoms with Gasteiger partial charge in [-0.25, -0.2) is 14.2 Å². The molecule has 3 aliphatic rings. The molecule has 0 amide bonds. The van der Waals surface area contributed by atoms with E-state index in [2.05, 4.69) is 54.7 Å². The fourth-order valence-electron chi connectivity index (χ4n) is 5.28. The quantitative estimate of drug-likeness (QED) is 0.343. The summed E-state index contributed by atoms with van der Waals surface area (Å²) in [6.07, 6.45) is 1.95. The summed E-state index contributed by atoms with van der Waals surface area (Å²) in [4.78, 5) is 13.3. The maximum Gasteiger partial charge on any atom is 0.271 e. The number of non-ortho nitro benzene ring substituents is 1. The van der Waals surface area contributed by atoms with Gasteiger partial charge < -0.3 is 9.64 Å². The van der Waals surface area contributed by atoms with Gasteiger partial charge >= 0.3 is 0 Å². The highest BCUT2D eigenvalue weighted by Crippen LogP contribution is 2.69. The van der Waals surface area contributed by atoms with Crippen molar-refractivity contribution in [2.24, 2.45) is 9.85 Å². The molecule has 0 aromatic heterocycles. The van der Waals surface area contributed by atoms with Gasteiger partial charge in [0, 0.05) is 56.1 Å². The molecule has 0 spiro atoms. The molecular weight excluding hydrogens is 451 g/mol. The molecular formula is C24H29N6O3P. The van der Waals surface area contributed by atoms with E-state index in [4.69, 9.17) is 14.6 Å². The zero-order chi connectivity index (χ0) is 24.1. The van der Waals surface area contributed by atoms with Crippen molar-refractivity contribution in [2.75, 3.05) is 45.3 Å². The zero-order valence-corrected chi connectivity index (χ0v) is 20.8. The molecule has 0 bridgehead atoms. The maximum atomic E-state index is 11.5. The predicted molar refractivity (Wildman–Crippen MR) is 136 cm³/mol. The van der Waals surface area contributed by atoms with Gasteiger partial charge in [0.15, 0.2) is 7.36 Å². The van der Waals surface area contributed by atoms with E-state index in [1.165, 1.54) is 17.3 Å². The topological polar surface area (TPSA) is 86.8 Å². The van der Waals surface area contributed by atoms with Crippen LogP contribution in [-0.4, -0.2) is 61.0 Å². The molecule has 0 unspecified atom stereocenters. The van der Waals surface area contributed by atoms with Crippen LogP contribution >= 0.6 is 7.36 Å². The number of rotatable bonds is 3. The van der Waals surface area contributed by atoms with Crippen LogP contribution in [0.4, 0.5) is 17.1 Å². The second-order valence-electron chi connectivity index (χ2n) is 9.18. The van der Waals surface area contributed by atoms with E-state index in [1.807, 2.05) is 24.1 Å². The van der Waals surface area contributed by atoms with Crippen molar-refractivity contribution in [1.29, 1.82) is 0 Å². The van der Waals surface area contributed by atoms with Gasteiger partial charge in [-0.2, -0.15) is 5.10 Å². The Balaban J connectivity index is 1.80. The molecule has 9 nitrogen and oxygen atoms in total. The fraction of sp³-hybridized carbons (Fsp3) is 0.375. The van der Waals surface area contributed by atoms with Crippen molar-refractivity contribution in [3.63, 3.8) is 0 Å². The number of fused-ring (bicyclic) bond motifs is 1. The second kappa shape index (κ2) is 8.34. The van der Waals surface area contributed by atoms with Crippen LogP contribution < -0.4 is 4.90 Å². The number of allylic oxidation sites excluding steroid dienone is 2. The molecule has 0 N–H and O–H groups in total. The minimum atomic E-state index is -2.59. The Kier molecular flexibility index (Phi) is 5.59. The number of benzene rings is 2. The molecule has 1 saturated heterocycles. The van der Waals surface area contributed by atoms with Crippen LogP contribution in [-0.2, 0) is 10.2 Å². The van der Waals surface area contributed by atoms with Gasteiger partial charge in [0.05, 0.1) is 35.4 Å². The summed E-state index contributed by atoms with van der Waals surface area (Å²) in [5, 5.41) is 17.3. The average Bonchev–Trinajstić information content (AvgIpc) is 3.25. The normalized spacial score (nSPS) is 26.1. The second-order valence-corrected chi connectivity index (χ2v) is 12.1. The first kappa shape index (κ1) is 22.8. The van der Waals surface area contributed by atoms with Crippen LogP contribution in [0.2, 0.25) is 0 Å². The van der Waals surface area contributed by atoms with Crippen molar-refractivity contribution >= 4 is 30.6 Å². The third kappa shape index (κ3) is 3.38. The Morgan fingerprint density at radius 1 is 1.12 bits per heavy atom. The lowest BCUT2D eigenvalue weighted by Gasteiger charge is -2.41. The highest BCUT2D eigenvalue weighted by molar-refractivity contribution is 7.67. The number of hydrogen-bond acceptors (Lipinski definition) is 6. The number of hydrazone groups is 1. The number of nitro benzene ring substituents is 1. The van der Waals surface area contributed by atoms with E-state index in [1.54, 1.807) is 12.1 Å². The summed E-state index contributed by atoms with van der Waals surface area (Å²) >= 11 is 0. The van der Waals surface area contributed by atoms with Crippen molar-refractivity contribution < 1.29 is 9.66 Å². The number of anilines is 1. The lowest BCUT2D eigenvalue weighted by molar-refractivity contribution is -0.384. The summed E-state index contributed by atoms with van der Waals surface area (Å²) in [6.45, 7) is 7.14. The summed E-state index contributed by atoms with van der Waals surface area (Å²) in [5.74, 6) is 0. The van der Waals surface area contributed by atoms with Gasteiger partial charge in [-0.15, -0.1) is 0 Å². The molecule has 10 heteroatoms. The standard InChI is InChI=1S/C24H29N6O3P/c1-24(2)20-10-5-6-11-21(20)27(3)23(24)22-17-25-28(4)34(22,29-12-14-33-15-13-29)26-18-8-7-9-19(16-18)30(31)32/h5-11,16-17H,12-15H2,1-4H3/b23-22-/t34-/m0/s1. The third-order valence-corrected chi connectivity index (χ3v) is 10.4. The minimum absolute atomic E-state index is 0.0315. The lowest BCUT2D eigenvalue weighted by Crippen LogP contribution is -2.37. The molecule has 1 fully saturated rings. The molecule has 3 heterocycles. The van der Waals surface area contributed by atoms with Gasteiger partial charge in [-0.05, 0) is 17.7 Å². The number of para-hydroxylation sites is 1. The Bertz CT molecular complexity index is 1260. The summed E-state index contributed by atoms with van der Waals surface area (Å²) in [5.41, 5.74) is 3.96. The Hall–Kier alpha value is -3.00. The van der Waals surface area contributed by atoms with E-state index >= 15 is 0 Å². The molecule has 2 aromatic rings. The Labute approximate surface area is 199 Å². The van der Waals surface area contributed by atoms with Gasteiger partial charge in [0.2, 0.25) is 0 Å². The predicted octanol–water partition coefficient (Wildman–Crippen LogP) is 5.16. The molecule has 178 valence electrons. The van der Waals surface area contributed by atoms with E-state index in [9.17, 15) is 10.1 Å². The smallest absolute Gasteiger partial charge is 0.271 e. The molecule has 0 saturated carbocycles. The minimum Gasteiger partial charge on any atom is -0.379 e. The van der Waals surface area contributed by atoms with E-state index < -0.39 is 7.36 Å². The van der Waals surface area contributed by atoms with Gasteiger partial charge in [0.1, 0.15) is 0 Å². The van der Waals surface area contributed by atoms with Crippen molar-refractivity contribution in [3.05, 3.63) is 75.2 Å². The largest absolute Gasteiger partial charge is 0.379 e. The first-order valence-electron chi connectivity index (χ1n) is 11.3. The number of nitrogens with zero attached hydrogens (tertiary/aromatic N) is 6. The molecule has 34 heavy (non-hydrogen) atoms. The number of morpholine rings is 1. The highest BCUT2D eigenvalue weighted by Gasteiger charge is 2.48. The van der Waals surface area contributed by atoms with Crippen LogP contribution in [0.5, 0.6) is 0 Å². The van der Waals surface area contributed by atoms with Crippen molar-refractivity contribution in [1.82, 2.24) is 9.45 Å². The molecule has 2 aromatic carbocycles. The van der Waals surface area contributed by atoms with E-state index in [0.29, 0.717) is 32.0 Å². The van der Waals surface area contributed by atoms with E-state index in [-0.39, 0.29) is 16.0 Å². The molecule has 5 rings (SSSR count). The van der Waals surface area contributed by atoms with Crippen LogP contribution in [0.3, 0.4) is 0 Å². The Morgan fingerprint density at radius 2 is 1.85 bits per heavy atom.